The first-order chi connectivity index (χ1) is 12.4. The molecule has 0 spiro atoms. The summed E-state index contributed by atoms with van der Waals surface area (Å²) in [7, 11) is 0. The summed E-state index contributed by atoms with van der Waals surface area (Å²) in [4.78, 5) is 10.5. The van der Waals surface area contributed by atoms with E-state index in [4.69, 9.17) is 26.2 Å². The molecule has 3 rings (SSSR count). The lowest BCUT2D eigenvalue weighted by Crippen LogP contribution is -2.31. The van der Waals surface area contributed by atoms with Crippen molar-refractivity contribution in [1.82, 2.24) is 0 Å². The van der Waals surface area contributed by atoms with Crippen LogP contribution in [0.1, 0.15) is 38.2 Å². The van der Waals surface area contributed by atoms with Crippen molar-refractivity contribution in [2.75, 3.05) is 6.61 Å². The maximum absolute atomic E-state index is 10.5. The first kappa shape index (κ1) is 18.7. The summed E-state index contributed by atoms with van der Waals surface area (Å²) >= 11 is 6.23. The van der Waals surface area contributed by atoms with E-state index in [1.54, 1.807) is 0 Å². The number of rotatable bonds is 7. The molecule has 138 valence electrons. The minimum absolute atomic E-state index is 0.0550. The summed E-state index contributed by atoms with van der Waals surface area (Å²) in [6.45, 7) is 3.76. The Morgan fingerprint density at radius 3 is 2.46 bits per heavy atom. The fourth-order valence-corrected chi connectivity index (χ4v) is 3.41. The van der Waals surface area contributed by atoms with Crippen molar-refractivity contribution in [3.8, 4) is 16.9 Å². The fourth-order valence-electron chi connectivity index (χ4n) is 3.18. The van der Waals surface area contributed by atoms with E-state index in [1.165, 1.54) is 5.56 Å². The van der Waals surface area contributed by atoms with Crippen LogP contribution in [0.5, 0.6) is 5.75 Å². The third-order valence-electron chi connectivity index (χ3n) is 4.50. The molecule has 1 aliphatic rings. The highest BCUT2D eigenvalue weighted by atomic mass is 35.5. The average Bonchev–Trinajstić information content (AvgIpc) is 2.52. The largest absolute Gasteiger partial charge is 0.491 e. The van der Waals surface area contributed by atoms with Crippen LogP contribution >= 0.6 is 11.6 Å². The number of carboxylic acids is 1. The van der Waals surface area contributed by atoms with Gasteiger partial charge in [-0.1, -0.05) is 35.9 Å². The van der Waals surface area contributed by atoms with Crippen LogP contribution in [0.4, 0.5) is 0 Å². The van der Waals surface area contributed by atoms with Crippen LogP contribution in [-0.4, -0.2) is 29.9 Å². The van der Waals surface area contributed by atoms with Gasteiger partial charge in [0, 0.05) is 5.02 Å². The molecule has 0 heterocycles. The molecular formula is C21H23ClO4. The van der Waals surface area contributed by atoms with Gasteiger partial charge in [0.2, 0.25) is 0 Å². The molecule has 1 saturated carbocycles. The Balaban J connectivity index is 1.65. The van der Waals surface area contributed by atoms with Gasteiger partial charge in [0.1, 0.15) is 12.4 Å². The second-order valence-electron chi connectivity index (χ2n) is 6.96. The van der Waals surface area contributed by atoms with Gasteiger partial charge < -0.3 is 14.6 Å². The van der Waals surface area contributed by atoms with E-state index >= 15 is 0 Å². The molecule has 0 atom stereocenters. The van der Waals surface area contributed by atoms with E-state index in [-0.39, 0.29) is 18.8 Å². The Bertz CT molecular complexity index is 764. The van der Waals surface area contributed by atoms with Gasteiger partial charge in [-0.2, -0.15) is 0 Å². The molecule has 0 amide bonds. The van der Waals surface area contributed by atoms with E-state index in [9.17, 15) is 4.79 Å². The van der Waals surface area contributed by atoms with E-state index < -0.39 is 5.97 Å². The van der Waals surface area contributed by atoms with Gasteiger partial charge >= 0.3 is 5.97 Å². The molecule has 1 N–H and O–H groups in total. The van der Waals surface area contributed by atoms with Crippen LogP contribution in [-0.2, 0) is 9.53 Å². The zero-order valence-electron chi connectivity index (χ0n) is 14.9. The lowest BCUT2D eigenvalue weighted by atomic mass is 9.77. The second-order valence-corrected chi connectivity index (χ2v) is 7.40. The first-order valence-electron chi connectivity index (χ1n) is 8.81. The monoisotopic (exact) mass is 374 g/mol. The molecule has 1 fully saturated rings. The lowest BCUT2D eigenvalue weighted by Gasteiger charge is -2.35. The van der Waals surface area contributed by atoms with E-state index in [2.05, 4.69) is 24.3 Å². The number of hydrogen-bond acceptors (Lipinski definition) is 3. The number of carboxylic acid groups (broad SMARTS) is 1. The van der Waals surface area contributed by atoms with Gasteiger partial charge in [0.05, 0.1) is 12.2 Å². The SMILES string of the molecule is CC(C)Oc1cc(Cl)cc(-c2ccc(C3CC(OCC(=O)O)C3)cc2)c1. The number of carbonyl (C=O) groups is 1. The molecule has 0 aromatic heterocycles. The summed E-state index contributed by atoms with van der Waals surface area (Å²) in [5, 5.41) is 9.30. The molecular weight excluding hydrogens is 352 g/mol. The third kappa shape index (κ3) is 4.77. The maximum atomic E-state index is 10.5. The Labute approximate surface area is 158 Å². The predicted octanol–water partition coefficient (Wildman–Crippen LogP) is 5.14. The van der Waals surface area contributed by atoms with Crippen LogP contribution in [0, 0.1) is 0 Å². The normalized spacial score (nSPS) is 19.2. The molecule has 2 aromatic carbocycles. The molecule has 2 aromatic rings. The number of hydrogen-bond donors (Lipinski definition) is 1. The van der Waals surface area contributed by atoms with Crippen LogP contribution in [0.2, 0.25) is 5.02 Å². The van der Waals surface area contributed by atoms with Gasteiger partial charge in [-0.25, -0.2) is 4.79 Å². The molecule has 1 aliphatic carbocycles. The summed E-state index contributed by atoms with van der Waals surface area (Å²) in [5.41, 5.74) is 3.36. The van der Waals surface area contributed by atoms with E-state index in [0.29, 0.717) is 10.9 Å². The molecule has 26 heavy (non-hydrogen) atoms. The Kier molecular flexibility index (Phi) is 5.84. The zero-order valence-corrected chi connectivity index (χ0v) is 15.7. The lowest BCUT2D eigenvalue weighted by molar-refractivity contribution is -0.146. The molecule has 4 nitrogen and oxygen atoms in total. The molecule has 0 radical (unpaired) electrons. The van der Waals surface area contributed by atoms with Crippen LogP contribution in [0.3, 0.4) is 0 Å². The van der Waals surface area contributed by atoms with Crippen molar-refractivity contribution < 1.29 is 19.4 Å². The average molecular weight is 375 g/mol. The standard InChI is InChI=1S/C21H23ClO4/c1-13(2)26-20-10-16(7-18(22)11-20)14-3-5-15(6-4-14)17-8-19(9-17)25-12-21(23)24/h3-7,10-11,13,17,19H,8-9,12H2,1-2H3,(H,23,24). The maximum Gasteiger partial charge on any atom is 0.329 e. The number of benzene rings is 2. The van der Waals surface area contributed by atoms with Gasteiger partial charge in [-0.3, -0.25) is 0 Å². The molecule has 0 unspecified atom stereocenters. The zero-order chi connectivity index (χ0) is 18.7. The van der Waals surface area contributed by atoms with Crippen LogP contribution < -0.4 is 4.74 Å². The van der Waals surface area contributed by atoms with Crippen LogP contribution in [0.25, 0.3) is 11.1 Å². The summed E-state index contributed by atoms with van der Waals surface area (Å²) in [5.74, 6) is 0.283. The van der Waals surface area contributed by atoms with Gasteiger partial charge in [0.15, 0.2) is 0 Å². The molecule has 5 heteroatoms. The highest BCUT2D eigenvalue weighted by Gasteiger charge is 2.31. The third-order valence-corrected chi connectivity index (χ3v) is 4.71. The number of halogens is 1. The minimum atomic E-state index is -0.917. The summed E-state index contributed by atoms with van der Waals surface area (Å²) < 4.78 is 11.1. The fraction of sp³-hybridized carbons (Fsp3) is 0.381. The van der Waals surface area contributed by atoms with Crippen LogP contribution in [0.15, 0.2) is 42.5 Å². The highest BCUT2D eigenvalue weighted by molar-refractivity contribution is 6.31. The van der Waals surface area contributed by atoms with Crippen molar-refractivity contribution >= 4 is 17.6 Å². The first-order valence-corrected chi connectivity index (χ1v) is 9.19. The predicted molar refractivity (Wildman–Crippen MR) is 102 cm³/mol. The quantitative estimate of drug-likeness (QED) is 0.728. The van der Waals surface area contributed by atoms with Crippen molar-refractivity contribution in [3.05, 3.63) is 53.1 Å². The van der Waals surface area contributed by atoms with Gasteiger partial charge in [-0.15, -0.1) is 0 Å². The summed E-state index contributed by atoms with van der Waals surface area (Å²) in [6, 6.07) is 14.2. The van der Waals surface area contributed by atoms with Crippen molar-refractivity contribution in [2.24, 2.45) is 0 Å². The van der Waals surface area contributed by atoms with E-state index in [0.717, 1.165) is 29.7 Å². The summed E-state index contributed by atoms with van der Waals surface area (Å²) in [6.07, 6.45) is 1.89. The van der Waals surface area contributed by atoms with Crippen molar-refractivity contribution in [1.29, 1.82) is 0 Å². The second kappa shape index (κ2) is 8.11. The topological polar surface area (TPSA) is 55.8 Å². The van der Waals surface area contributed by atoms with Crippen molar-refractivity contribution in [3.63, 3.8) is 0 Å². The number of ether oxygens (including phenoxy) is 2. The molecule has 0 aliphatic heterocycles. The Morgan fingerprint density at radius 1 is 1.15 bits per heavy atom. The van der Waals surface area contributed by atoms with Gasteiger partial charge in [0.25, 0.3) is 0 Å². The Morgan fingerprint density at radius 2 is 1.85 bits per heavy atom. The Hall–Kier alpha value is -2.04. The minimum Gasteiger partial charge on any atom is -0.491 e. The van der Waals surface area contributed by atoms with Crippen molar-refractivity contribution in [2.45, 2.75) is 44.8 Å². The smallest absolute Gasteiger partial charge is 0.329 e. The molecule has 0 saturated heterocycles. The highest BCUT2D eigenvalue weighted by Crippen LogP contribution is 2.39. The van der Waals surface area contributed by atoms with E-state index in [1.807, 2.05) is 32.0 Å². The number of aliphatic carboxylic acids is 1. The van der Waals surface area contributed by atoms with Gasteiger partial charge in [-0.05, 0) is 67.5 Å². The molecule has 0 bridgehead atoms.